The van der Waals surface area contributed by atoms with Crippen LogP contribution >= 0.6 is 0 Å². The van der Waals surface area contributed by atoms with Crippen LogP contribution in [0.2, 0.25) is 0 Å². The Bertz CT molecular complexity index is 1440. The normalized spacial score (nSPS) is 18.5. The fraction of sp³-hybridized carbons (Fsp3) is 0.292. The molecule has 0 saturated carbocycles. The Morgan fingerprint density at radius 1 is 1.00 bits per heavy atom. The molecule has 2 amide bonds. The number of anilines is 2. The highest BCUT2D eigenvalue weighted by atomic mass is 16.4. The number of benzene rings is 2. The number of primary amides is 1. The number of nitrogens with zero attached hydrogens (tertiary/aromatic N) is 5. The largest absolute Gasteiger partial charge is 0.424 e. The van der Waals surface area contributed by atoms with Gasteiger partial charge < -0.3 is 25.7 Å². The topological polar surface area (TPSA) is 144 Å². The highest BCUT2D eigenvalue weighted by molar-refractivity contribution is 5.90. The van der Waals surface area contributed by atoms with E-state index in [-0.39, 0.29) is 17.8 Å². The molecule has 6 rings (SSSR count). The van der Waals surface area contributed by atoms with Crippen LogP contribution in [-0.2, 0) is 9.59 Å². The van der Waals surface area contributed by atoms with Gasteiger partial charge in [0.2, 0.25) is 11.8 Å². The fourth-order valence-corrected chi connectivity index (χ4v) is 4.84. The summed E-state index contributed by atoms with van der Waals surface area (Å²) in [4.78, 5) is 41.7. The number of hydrogen-bond donors (Lipinski definition) is 2. The lowest BCUT2D eigenvalue weighted by atomic mass is 9.98. The molecule has 10 heteroatoms. The summed E-state index contributed by atoms with van der Waals surface area (Å²) >= 11 is 0. The molecule has 4 aromatic rings. The summed E-state index contributed by atoms with van der Waals surface area (Å²) in [5.41, 5.74) is 16.0. The number of carbonyl (C=O) groups is 2. The fourth-order valence-electron chi connectivity index (χ4n) is 4.84. The minimum atomic E-state index is -0.478. The Morgan fingerprint density at radius 3 is 2.56 bits per heavy atom. The van der Waals surface area contributed by atoms with Crippen molar-refractivity contribution in [1.82, 2.24) is 19.9 Å². The predicted octanol–water partition coefficient (Wildman–Crippen LogP) is 1.93. The first-order valence-corrected chi connectivity index (χ1v) is 11.2. The number of nitrogens with two attached hydrogens (primary N) is 2. The lowest BCUT2D eigenvalue weighted by Crippen LogP contribution is -2.57. The predicted molar refractivity (Wildman–Crippen MR) is 127 cm³/mol. The highest BCUT2D eigenvalue weighted by Crippen LogP contribution is 2.30. The molecule has 2 fully saturated rings. The first-order valence-electron chi connectivity index (χ1n) is 11.2. The van der Waals surface area contributed by atoms with E-state index in [9.17, 15) is 9.59 Å². The van der Waals surface area contributed by atoms with Gasteiger partial charge in [-0.1, -0.05) is 12.1 Å². The van der Waals surface area contributed by atoms with Crippen LogP contribution in [0.5, 0.6) is 0 Å². The molecule has 2 aromatic carbocycles. The van der Waals surface area contributed by atoms with Crippen molar-refractivity contribution in [2.24, 2.45) is 11.7 Å². The summed E-state index contributed by atoms with van der Waals surface area (Å²) in [6.07, 6.45) is 3.19. The van der Waals surface area contributed by atoms with Gasteiger partial charge in [0, 0.05) is 19.6 Å². The summed E-state index contributed by atoms with van der Waals surface area (Å²) in [7, 11) is 0. The average molecular weight is 457 g/mol. The first-order chi connectivity index (χ1) is 16.5. The van der Waals surface area contributed by atoms with Crippen molar-refractivity contribution < 1.29 is 14.0 Å². The minimum absolute atomic E-state index is 0.00234. The standard InChI is InChI=1S/C24H23N7O3/c25-22(32)19-2-1-7-31(19)23(33)15-11-30(12-15)21-10-27-16-5-3-13(8-17(16)28-21)14-4-6-20-18(9-14)29-24(26)34-20/h3-6,8-10,15,19H,1-2,7,11-12H2,(H2,25,32)(H2,26,29). The van der Waals surface area contributed by atoms with E-state index in [0.717, 1.165) is 34.4 Å². The van der Waals surface area contributed by atoms with Crippen molar-refractivity contribution in [1.29, 1.82) is 0 Å². The van der Waals surface area contributed by atoms with E-state index < -0.39 is 11.9 Å². The van der Waals surface area contributed by atoms with E-state index in [2.05, 4.69) is 9.97 Å². The van der Waals surface area contributed by atoms with Gasteiger partial charge in [-0.3, -0.25) is 14.6 Å². The van der Waals surface area contributed by atoms with Crippen LogP contribution in [0.25, 0.3) is 33.3 Å². The van der Waals surface area contributed by atoms with Crippen molar-refractivity contribution in [3.05, 3.63) is 42.6 Å². The molecule has 4 heterocycles. The van der Waals surface area contributed by atoms with E-state index in [1.807, 2.05) is 41.3 Å². The third kappa shape index (κ3) is 3.38. The number of oxazole rings is 1. The number of carbonyl (C=O) groups excluding carboxylic acids is 2. The van der Waals surface area contributed by atoms with Gasteiger partial charge in [-0.15, -0.1) is 0 Å². The van der Waals surface area contributed by atoms with Gasteiger partial charge in [-0.2, -0.15) is 4.98 Å². The molecule has 34 heavy (non-hydrogen) atoms. The number of rotatable bonds is 4. The summed E-state index contributed by atoms with van der Waals surface area (Å²) < 4.78 is 5.35. The Morgan fingerprint density at radius 2 is 1.76 bits per heavy atom. The zero-order valence-electron chi connectivity index (χ0n) is 18.3. The van der Waals surface area contributed by atoms with Crippen LogP contribution in [0.1, 0.15) is 12.8 Å². The maximum atomic E-state index is 12.9. The monoisotopic (exact) mass is 457 g/mol. The highest BCUT2D eigenvalue weighted by Gasteiger charge is 2.41. The van der Waals surface area contributed by atoms with Crippen molar-refractivity contribution >= 4 is 45.8 Å². The number of hydrogen-bond acceptors (Lipinski definition) is 8. The van der Waals surface area contributed by atoms with Gasteiger partial charge in [0.1, 0.15) is 17.4 Å². The smallest absolute Gasteiger partial charge is 0.292 e. The Hall–Kier alpha value is -4.21. The van der Waals surface area contributed by atoms with E-state index in [1.54, 1.807) is 11.1 Å². The van der Waals surface area contributed by atoms with Gasteiger partial charge in [0.25, 0.3) is 6.01 Å². The van der Waals surface area contributed by atoms with Crippen LogP contribution in [0.15, 0.2) is 47.0 Å². The number of fused-ring (bicyclic) bond motifs is 2. The van der Waals surface area contributed by atoms with Crippen molar-refractivity contribution in [3.63, 3.8) is 0 Å². The van der Waals surface area contributed by atoms with Gasteiger partial charge in [0.05, 0.1) is 23.1 Å². The molecule has 0 spiro atoms. The summed E-state index contributed by atoms with van der Waals surface area (Å²) in [5.74, 6) is 0.133. The first kappa shape index (κ1) is 20.4. The number of nitrogen functional groups attached to an aromatic ring is 1. The SMILES string of the molecule is NC(=O)C1CCCN1C(=O)C1CN(c2cnc3ccc(-c4ccc5oc(N)nc5c4)cc3n2)C1. The van der Waals surface area contributed by atoms with E-state index >= 15 is 0 Å². The summed E-state index contributed by atoms with van der Waals surface area (Å²) in [5, 5.41) is 0. The molecule has 1 unspecified atom stereocenters. The second kappa shape index (κ2) is 7.68. The van der Waals surface area contributed by atoms with Crippen LogP contribution in [0.3, 0.4) is 0 Å². The third-order valence-corrected chi connectivity index (χ3v) is 6.69. The van der Waals surface area contributed by atoms with Crippen LogP contribution in [0.4, 0.5) is 11.8 Å². The Balaban J connectivity index is 1.21. The van der Waals surface area contributed by atoms with Gasteiger partial charge in [-0.05, 0) is 48.2 Å². The van der Waals surface area contributed by atoms with Crippen molar-refractivity contribution in [3.8, 4) is 11.1 Å². The maximum Gasteiger partial charge on any atom is 0.292 e. The maximum absolute atomic E-state index is 12.9. The molecule has 2 aliphatic rings. The number of amides is 2. The summed E-state index contributed by atoms with van der Waals surface area (Å²) in [6, 6.07) is 11.3. The zero-order valence-corrected chi connectivity index (χ0v) is 18.3. The molecule has 172 valence electrons. The quantitative estimate of drug-likeness (QED) is 0.473. The lowest BCUT2D eigenvalue weighted by Gasteiger charge is -2.41. The molecule has 2 aromatic heterocycles. The summed E-state index contributed by atoms with van der Waals surface area (Å²) in [6.45, 7) is 1.68. The van der Waals surface area contributed by atoms with E-state index in [4.69, 9.17) is 20.9 Å². The second-order valence-corrected chi connectivity index (χ2v) is 8.86. The lowest BCUT2D eigenvalue weighted by molar-refractivity contribution is -0.141. The zero-order chi connectivity index (χ0) is 23.4. The molecular formula is C24H23N7O3. The average Bonchev–Trinajstić information content (AvgIpc) is 3.43. The van der Waals surface area contributed by atoms with Gasteiger partial charge in [0.15, 0.2) is 5.58 Å². The van der Waals surface area contributed by atoms with Crippen LogP contribution in [0, 0.1) is 5.92 Å². The van der Waals surface area contributed by atoms with E-state index in [0.29, 0.717) is 37.2 Å². The molecule has 0 radical (unpaired) electrons. The van der Waals surface area contributed by atoms with E-state index in [1.165, 1.54) is 0 Å². The molecule has 2 saturated heterocycles. The Kier molecular flexibility index (Phi) is 4.61. The van der Waals surface area contributed by atoms with Crippen LogP contribution in [-0.4, -0.2) is 57.3 Å². The van der Waals surface area contributed by atoms with Gasteiger partial charge >= 0.3 is 0 Å². The molecule has 0 aliphatic carbocycles. The number of likely N-dealkylation sites (tertiary alicyclic amines) is 1. The molecule has 4 N–H and O–H groups in total. The van der Waals surface area contributed by atoms with Crippen molar-refractivity contribution in [2.45, 2.75) is 18.9 Å². The molecule has 1 atom stereocenters. The third-order valence-electron chi connectivity index (χ3n) is 6.69. The van der Waals surface area contributed by atoms with Crippen LogP contribution < -0.4 is 16.4 Å². The molecule has 0 bridgehead atoms. The second-order valence-electron chi connectivity index (χ2n) is 8.86. The number of aromatic nitrogens is 3. The molecule has 2 aliphatic heterocycles. The molecular weight excluding hydrogens is 434 g/mol. The Labute approximate surface area is 194 Å². The molecule has 10 nitrogen and oxygen atoms in total. The minimum Gasteiger partial charge on any atom is -0.424 e. The van der Waals surface area contributed by atoms with Gasteiger partial charge in [-0.25, -0.2) is 4.98 Å². The van der Waals surface area contributed by atoms with Crippen molar-refractivity contribution in [2.75, 3.05) is 30.3 Å².